The Bertz CT molecular complexity index is 635. The van der Waals surface area contributed by atoms with E-state index in [1.54, 1.807) is 0 Å². The number of unbranched alkanes of at least 4 members (excludes halogenated alkanes) is 1. The number of amides is 1. The number of aliphatic imine (C=N–C) groups is 1. The molecule has 1 rings (SSSR count). The highest BCUT2D eigenvalue weighted by Gasteiger charge is 2.34. The second kappa shape index (κ2) is 9.92. The lowest BCUT2D eigenvalue weighted by atomic mass is 10.1. The number of carboxylic acid groups (broad SMARTS) is 3. The van der Waals surface area contributed by atoms with Gasteiger partial charge in [-0.3, -0.25) is 14.6 Å². The predicted octanol–water partition coefficient (Wildman–Crippen LogP) is -0.317. The fourth-order valence-electron chi connectivity index (χ4n) is 2.16. The SMILES string of the molecule is C=C1CSC([C@H](NC(=O)CCCC[C@@H](N)C(=O)O)C(=O)O)N=C1C(=O)O. The van der Waals surface area contributed by atoms with Crippen LogP contribution in [-0.2, 0) is 19.2 Å². The summed E-state index contributed by atoms with van der Waals surface area (Å²) in [5, 5.41) is 28.4. The topological polar surface area (TPSA) is 179 Å². The Morgan fingerprint density at radius 1 is 1.23 bits per heavy atom. The van der Waals surface area contributed by atoms with Crippen molar-refractivity contribution in [3.05, 3.63) is 12.2 Å². The van der Waals surface area contributed by atoms with Crippen molar-refractivity contribution in [3.8, 4) is 0 Å². The number of thioether (sulfide) groups is 1. The van der Waals surface area contributed by atoms with Gasteiger partial charge in [-0.05, 0) is 18.4 Å². The Kier molecular flexibility index (Phi) is 8.26. The molecule has 0 aromatic heterocycles. The molecule has 1 unspecified atom stereocenters. The van der Waals surface area contributed by atoms with Crippen LogP contribution in [0.5, 0.6) is 0 Å². The van der Waals surface area contributed by atoms with Crippen molar-refractivity contribution in [2.75, 3.05) is 5.75 Å². The van der Waals surface area contributed by atoms with Gasteiger partial charge in [0.05, 0.1) is 0 Å². The normalized spacial score (nSPS) is 19.2. The number of carbonyl (C=O) groups is 4. The van der Waals surface area contributed by atoms with E-state index >= 15 is 0 Å². The van der Waals surface area contributed by atoms with E-state index in [1.807, 2.05) is 0 Å². The second-order valence-electron chi connectivity index (χ2n) is 5.66. The van der Waals surface area contributed by atoms with Crippen LogP contribution in [0.2, 0.25) is 0 Å². The van der Waals surface area contributed by atoms with Gasteiger partial charge in [0, 0.05) is 12.2 Å². The molecule has 0 bridgehead atoms. The molecular weight excluding hydrogens is 366 g/mol. The average Bonchev–Trinajstić information content (AvgIpc) is 2.56. The number of hydrogen-bond acceptors (Lipinski definition) is 7. The first-order valence-corrected chi connectivity index (χ1v) is 8.79. The van der Waals surface area contributed by atoms with Gasteiger partial charge in [-0.25, -0.2) is 9.59 Å². The van der Waals surface area contributed by atoms with E-state index in [0.717, 1.165) is 11.8 Å². The Balaban J connectivity index is 2.61. The molecule has 0 aromatic rings. The minimum absolute atomic E-state index is 0.00425. The van der Waals surface area contributed by atoms with Gasteiger partial charge in [0.2, 0.25) is 5.91 Å². The second-order valence-corrected chi connectivity index (χ2v) is 6.77. The third-order valence-corrected chi connectivity index (χ3v) is 4.81. The molecule has 0 radical (unpaired) electrons. The van der Waals surface area contributed by atoms with Gasteiger partial charge in [-0.2, -0.15) is 0 Å². The van der Waals surface area contributed by atoms with E-state index in [4.69, 9.17) is 15.9 Å². The van der Waals surface area contributed by atoms with Crippen molar-refractivity contribution in [3.63, 3.8) is 0 Å². The van der Waals surface area contributed by atoms with Crippen molar-refractivity contribution in [1.82, 2.24) is 5.32 Å². The van der Waals surface area contributed by atoms with Crippen LogP contribution in [0, 0.1) is 0 Å². The lowest BCUT2D eigenvalue weighted by Crippen LogP contribution is -2.48. The standard InChI is InChI=1S/C15H21N3O7S/c1-7-6-26-12(18-10(7)14(22)23)11(15(24)25)17-9(19)5-3-2-4-8(16)13(20)21/h8,11-12H,1-6,16H2,(H,17,19)(H,20,21)(H,22,23)(H,24,25)/t8-,11+,12?/m1/s1. The van der Waals surface area contributed by atoms with E-state index in [0.29, 0.717) is 12.8 Å². The Hall–Kier alpha value is -2.40. The Morgan fingerprint density at radius 2 is 1.88 bits per heavy atom. The summed E-state index contributed by atoms with van der Waals surface area (Å²) in [6, 6.07) is -2.38. The van der Waals surface area contributed by atoms with Crippen LogP contribution >= 0.6 is 11.8 Å². The first kappa shape index (κ1) is 21.6. The van der Waals surface area contributed by atoms with Gasteiger partial charge in [0.1, 0.15) is 17.1 Å². The van der Waals surface area contributed by atoms with Gasteiger partial charge in [0.25, 0.3) is 0 Å². The zero-order chi connectivity index (χ0) is 19.9. The molecule has 26 heavy (non-hydrogen) atoms. The van der Waals surface area contributed by atoms with E-state index in [2.05, 4.69) is 16.9 Å². The minimum Gasteiger partial charge on any atom is -0.480 e. The number of nitrogens with two attached hydrogens (primary N) is 1. The monoisotopic (exact) mass is 387 g/mol. The summed E-state index contributed by atoms with van der Waals surface area (Å²) in [7, 11) is 0. The highest BCUT2D eigenvalue weighted by atomic mass is 32.2. The summed E-state index contributed by atoms with van der Waals surface area (Å²) in [5.41, 5.74) is 5.34. The maximum absolute atomic E-state index is 11.9. The number of carboxylic acids is 3. The molecule has 0 aromatic carbocycles. The number of aliphatic carboxylic acids is 3. The van der Waals surface area contributed by atoms with Crippen LogP contribution in [-0.4, -0.2) is 68.1 Å². The highest BCUT2D eigenvalue weighted by Crippen LogP contribution is 2.26. The summed E-state index contributed by atoms with van der Waals surface area (Å²) in [6.07, 6.45) is 0.947. The molecule has 1 aliphatic rings. The molecule has 144 valence electrons. The molecule has 11 heteroatoms. The van der Waals surface area contributed by atoms with Crippen molar-refractivity contribution >= 4 is 41.3 Å². The minimum atomic E-state index is -1.38. The van der Waals surface area contributed by atoms with Crippen LogP contribution in [0.1, 0.15) is 25.7 Å². The van der Waals surface area contributed by atoms with Gasteiger partial charge < -0.3 is 26.4 Å². The molecular formula is C15H21N3O7S. The van der Waals surface area contributed by atoms with E-state index < -0.39 is 41.3 Å². The quantitative estimate of drug-likeness (QED) is 0.314. The number of rotatable bonds is 10. The number of nitrogens with one attached hydrogen (secondary N) is 1. The smallest absolute Gasteiger partial charge is 0.354 e. The van der Waals surface area contributed by atoms with E-state index in [9.17, 15) is 24.3 Å². The molecule has 0 spiro atoms. The highest BCUT2D eigenvalue weighted by molar-refractivity contribution is 8.00. The van der Waals surface area contributed by atoms with Crippen molar-refractivity contribution in [2.24, 2.45) is 10.7 Å². The zero-order valence-corrected chi connectivity index (χ0v) is 14.7. The van der Waals surface area contributed by atoms with Crippen LogP contribution in [0.4, 0.5) is 0 Å². The molecule has 3 atom stereocenters. The molecule has 0 saturated heterocycles. The summed E-state index contributed by atoms with van der Waals surface area (Å²) in [5.74, 6) is -4.10. The molecule has 1 aliphatic heterocycles. The molecule has 0 aliphatic carbocycles. The van der Waals surface area contributed by atoms with Crippen LogP contribution in [0.25, 0.3) is 0 Å². The summed E-state index contributed by atoms with van der Waals surface area (Å²) in [4.78, 5) is 49.0. The first-order chi connectivity index (χ1) is 12.1. The predicted molar refractivity (Wildman–Crippen MR) is 94.1 cm³/mol. The average molecular weight is 387 g/mol. The van der Waals surface area contributed by atoms with Gasteiger partial charge >= 0.3 is 17.9 Å². The summed E-state index contributed by atoms with van der Waals surface area (Å²) >= 11 is 1.08. The van der Waals surface area contributed by atoms with Crippen molar-refractivity contribution < 1.29 is 34.5 Å². The fourth-order valence-corrected chi connectivity index (χ4v) is 3.23. The third-order valence-electron chi connectivity index (χ3n) is 3.58. The number of carbonyl (C=O) groups excluding carboxylic acids is 1. The van der Waals surface area contributed by atoms with E-state index in [-0.39, 0.29) is 29.9 Å². The van der Waals surface area contributed by atoms with Crippen LogP contribution < -0.4 is 11.1 Å². The molecule has 10 nitrogen and oxygen atoms in total. The maximum atomic E-state index is 11.9. The summed E-state index contributed by atoms with van der Waals surface area (Å²) in [6.45, 7) is 3.57. The van der Waals surface area contributed by atoms with Gasteiger partial charge in [-0.1, -0.05) is 13.0 Å². The lowest BCUT2D eigenvalue weighted by Gasteiger charge is -2.25. The fraction of sp³-hybridized carbons (Fsp3) is 0.533. The third kappa shape index (κ3) is 6.48. The molecule has 0 fully saturated rings. The maximum Gasteiger partial charge on any atom is 0.354 e. The van der Waals surface area contributed by atoms with Gasteiger partial charge in [-0.15, -0.1) is 11.8 Å². The Labute approximate surface area is 153 Å². The first-order valence-electron chi connectivity index (χ1n) is 7.75. The van der Waals surface area contributed by atoms with Crippen molar-refractivity contribution in [1.29, 1.82) is 0 Å². The number of hydrogen-bond donors (Lipinski definition) is 5. The van der Waals surface area contributed by atoms with Gasteiger partial charge in [0.15, 0.2) is 6.04 Å². The molecule has 6 N–H and O–H groups in total. The lowest BCUT2D eigenvalue weighted by molar-refractivity contribution is -0.142. The van der Waals surface area contributed by atoms with Crippen LogP contribution in [0.15, 0.2) is 17.1 Å². The summed E-state index contributed by atoms with van der Waals surface area (Å²) < 4.78 is 0. The largest absolute Gasteiger partial charge is 0.480 e. The molecule has 0 saturated carbocycles. The molecule has 1 amide bonds. The molecule has 1 heterocycles. The van der Waals surface area contributed by atoms with Crippen LogP contribution in [0.3, 0.4) is 0 Å². The van der Waals surface area contributed by atoms with Crippen molar-refractivity contribution in [2.45, 2.75) is 43.1 Å². The Morgan fingerprint density at radius 3 is 2.42 bits per heavy atom. The number of nitrogens with zero attached hydrogens (tertiary/aromatic N) is 1. The zero-order valence-electron chi connectivity index (χ0n) is 13.9. The van der Waals surface area contributed by atoms with E-state index in [1.165, 1.54) is 0 Å².